The van der Waals surface area contributed by atoms with Crippen molar-refractivity contribution in [3.63, 3.8) is 0 Å². The fourth-order valence-electron chi connectivity index (χ4n) is 1.44. The van der Waals surface area contributed by atoms with E-state index in [1.807, 2.05) is 0 Å². The van der Waals surface area contributed by atoms with E-state index in [9.17, 15) is 13.7 Å². The van der Waals surface area contributed by atoms with Crippen molar-refractivity contribution < 1.29 is 28.4 Å². The van der Waals surface area contributed by atoms with Crippen LogP contribution in [0.25, 0.3) is 0 Å². The zero-order valence-corrected chi connectivity index (χ0v) is 10.2. The van der Waals surface area contributed by atoms with Crippen molar-refractivity contribution in [3.8, 4) is 17.5 Å². The SMILES string of the molecule is COc1nc(Oc2cccc(F)c2F)ccc1[N+](=O)O. The quantitative estimate of drug-likeness (QED) is 0.873. The second-order valence-electron chi connectivity index (χ2n) is 3.60. The molecule has 6 nitrogen and oxygen atoms in total. The lowest BCUT2D eigenvalue weighted by atomic mass is 10.3. The minimum absolute atomic E-state index is 0.128. The van der Waals surface area contributed by atoms with E-state index >= 15 is 0 Å². The highest BCUT2D eigenvalue weighted by atomic mass is 19.2. The summed E-state index contributed by atoms with van der Waals surface area (Å²) < 4.78 is 36.3. The van der Waals surface area contributed by atoms with Gasteiger partial charge in [-0.15, -0.1) is 0 Å². The van der Waals surface area contributed by atoms with Crippen molar-refractivity contribution in [3.05, 3.63) is 46.9 Å². The van der Waals surface area contributed by atoms with Gasteiger partial charge in [0.15, 0.2) is 11.6 Å². The molecule has 1 aromatic heterocycles. The topological polar surface area (TPSA) is 71.7 Å². The molecule has 8 heteroatoms. The number of pyridine rings is 1. The molecule has 2 rings (SSSR count). The van der Waals surface area contributed by atoms with Gasteiger partial charge in [0, 0.05) is 12.1 Å². The molecular formula is C12H9F2N2O4+. The third kappa shape index (κ3) is 2.63. The first kappa shape index (κ1) is 13.7. The lowest BCUT2D eigenvalue weighted by molar-refractivity contribution is -0.730. The first-order chi connectivity index (χ1) is 9.52. The van der Waals surface area contributed by atoms with Crippen molar-refractivity contribution in [2.24, 2.45) is 0 Å². The number of hydrogen-bond donors (Lipinski definition) is 1. The molecule has 0 fully saturated rings. The van der Waals surface area contributed by atoms with Crippen LogP contribution in [0.5, 0.6) is 17.5 Å². The molecule has 0 aliphatic rings. The Morgan fingerprint density at radius 3 is 2.65 bits per heavy atom. The number of nitrogens with zero attached hydrogens (tertiary/aromatic N) is 2. The number of aromatic nitrogens is 1. The van der Waals surface area contributed by atoms with Crippen molar-refractivity contribution >= 4 is 5.69 Å². The molecule has 20 heavy (non-hydrogen) atoms. The predicted molar refractivity (Wildman–Crippen MR) is 62.3 cm³/mol. The predicted octanol–water partition coefficient (Wildman–Crippen LogP) is 2.96. The molecule has 0 aliphatic carbocycles. The van der Waals surface area contributed by atoms with E-state index in [1.54, 1.807) is 0 Å². The van der Waals surface area contributed by atoms with E-state index in [-0.39, 0.29) is 23.2 Å². The average molecular weight is 283 g/mol. The molecule has 0 radical (unpaired) electrons. The van der Waals surface area contributed by atoms with Crippen LogP contribution in [0.4, 0.5) is 14.5 Å². The monoisotopic (exact) mass is 283 g/mol. The van der Waals surface area contributed by atoms with Gasteiger partial charge < -0.3 is 9.47 Å². The maximum atomic E-state index is 13.4. The molecule has 0 atom stereocenters. The number of benzene rings is 1. The zero-order valence-electron chi connectivity index (χ0n) is 10.2. The van der Waals surface area contributed by atoms with Crippen molar-refractivity contribution in [2.75, 3.05) is 7.11 Å². The highest BCUT2D eigenvalue weighted by Crippen LogP contribution is 2.30. The van der Waals surface area contributed by atoms with Crippen LogP contribution in [-0.4, -0.2) is 22.2 Å². The Morgan fingerprint density at radius 2 is 2.00 bits per heavy atom. The molecule has 0 aliphatic heterocycles. The molecule has 0 saturated heterocycles. The summed E-state index contributed by atoms with van der Waals surface area (Å²) >= 11 is 0. The zero-order chi connectivity index (χ0) is 14.7. The summed E-state index contributed by atoms with van der Waals surface area (Å²) in [6.07, 6.45) is 0. The van der Waals surface area contributed by atoms with Gasteiger partial charge in [0.2, 0.25) is 11.7 Å². The summed E-state index contributed by atoms with van der Waals surface area (Å²) in [6.45, 7) is 0. The molecule has 0 spiro atoms. The number of methoxy groups -OCH3 is 1. The van der Waals surface area contributed by atoms with E-state index in [0.29, 0.717) is 0 Å². The Bertz CT molecular complexity index is 664. The van der Waals surface area contributed by atoms with E-state index in [0.717, 1.165) is 12.1 Å². The Kier molecular flexibility index (Phi) is 3.74. The summed E-state index contributed by atoms with van der Waals surface area (Å²) in [6, 6.07) is 5.79. The molecule has 1 heterocycles. The first-order valence-corrected chi connectivity index (χ1v) is 5.36. The van der Waals surface area contributed by atoms with Crippen molar-refractivity contribution in [1.29, 1.82) is 0 Å². The van der Waals surface area contributed by atoms with Crippen LogP contribution in [0.2, 0.25) is 0 Å². The summed E-state index contributed by atoms with van der Waals surface area (Å²) in [5, 5.41) is 8.80. The fourth-order valence-corrected chi connectivity index (χ4v) is 1.44. The normalized spacial score (nSPS) is 10.2. The Balaban J connectivity index is 2.35. The van der Waals surface area contributed by atoms with Gasteiger partial charge in [-0.25, -0.2) is 9.60 Å². The van der Waals surface area contributed by atoms with E-state index in [1.165, 1.54) is 25.3 Å². The van der Waals surface area contributed by atoms with E-state index in [4.69, 9.17) is 14.7 Å². The van der Waals surface area contributed by atoms with Gasteiger partial charge in [0.05, 0.1) is 12.0 Å². The smallest absolute Gasteiger partial charge is 0.378 e. The summed E-state index contributed by atoms with van der Waals surface area (Å²) in [4.78, 5) is 14.1. The lowest BCUT2D eigenvalue weighted by Gasteiger charge is -2.06. The third-order valence-electron chi connectivity index (χ3n) is 2.34. The lowest BCUT2D eigenvalue weighted by Crippen LogP contribution is -2.00. The van der Waals surface area contributed by atoms with Gasteiger partial charge in [-0.05, 0) is 12.1 Å². The minimum Gasteiger partial charge on any atom is -0.476 e. The largest absolute Gasteiger partial charge is 0.476 e. The molecule has 1 N–H and O–H groups in total. The van der Waals surface area contributed by atoms with E-state index < -0.39 is 16.6 Å². The van der Waals surface area contributed by atoms with Gasteiger partial charge in [0.25, 0.3) is 4.92 Å². The maximum Gasteiger partial charge on any atom is 0.378 e. The van der Waals surface area contributed by atoms with Crippen LogP contribution in [0.1, 0.15) is 0 Å². The van der Waals surface area contributed by atoms with Gasteiger partial charge in [-0.3, -0.25) is 0 Å². The Morgan fingerprint density at radius 1 is 1.25 bits per heavy atom. The Hall–Kier alpha value is -2.77. The van der Waals surface area contributed by atoms with Crippen LogP contribution in [-0.2, 0) is 0 Å². The summed E-state index contributed by atoms with van der Waals surface area (Å²) in [7, 11) is 1.22. The number of rotatable bonds is 4. The van der Waals surface area contributed by atoms with Crippen LogP contribution < -0.4 is 9.47 Å². The molecule has 2 aromatic rings. The number of halogens is 2. The van der Waals surface area contributed by atoms with Gasteiger partial charge in [0.1, 0.15) is 0 Å². The number of ether oxygens (including phenoxy) is 2. The third-order valence-corrected chi connectivity index (χ3v) is 2.34. The summed E-state index contributed by atoms with van der Waals surface area (Å²) in [5.74, 6) is -2.94. The molecule has 0 bridgehead atoms. The molecule has 0 saturated carbocycles. The van der Waals surface area contributed by atoms with Crippen molar-refractivity contribution in [2.45, 2.75) is 0 Å². The van der Waals surface area contributed by atoms with Crippen LogP contribution in [0, 0.1) is 16.5 Å². The highest BCUT2D eigenvalue weighted by Gasteiger charge is 2.22. The van der Waals surface area contributed by atoms with E-state index in [2.05, 4.69) is 4.98 Å². The highest BCUT2D eigenvalue weighted by molar-refractivity contribution is 5.43. The van der Waals surface area contributed by atoms with Crippen molar-refractivity contribution in [1.82, 2.24) is 4.98 Å². The summed E-state index contributed by atoms with van der Waals surface area (Å²) in [5.41, 5.74) is -0.250. The molecule has 0 amide bonds. The van der Waals surface area contributed by atoms with Crippen LogP contribution in [0.3, 0.4) is 0 Å². The van der Waals surface area contributed by atoms with Gasteiger partial charge in [-0.1, -0.05) is 6.07 Å². The fraction of sp³-hybridized carbons (Fsp3) is 0.0833. The van der Waals surface area contributed by atoms with Crippen LogP contribution >= 0.6 is 0 Å². The van der Waals surface area contributed by atoms with Gasteiger partial charge in [-0.2, -0.15) is 9.37 Å². The number of hydrogen-bond acceptors (Lipinski definition) is 4. The Labute approximate surface area is 111 Å². The molecular weight excluding hydrogens is 274 g/mol. The minimum atomic E-state index is -1.16. The second kappa shape index (κ2) is 5.47. The first-order valence-electron chi connectivity index (χ1n) is 5.36. The average Bonchev–Trinajstić information content (AvgIpc) is 2.43. The van der Waals surface area contributed by atoms with Crippen LogP contribution in [0.15, 0.2) is 30.3 Å². The molecule has 1 aromatic carbocycles. The van der Waals surface area contributed by atoms with Gasteiger partial charge >= 0.3 is 11.6 Å². The molecule has 104 valence electrons. The second-order valence-corrected chi connectivity index (χ2v) is 3.60. The standard InChI is InChI=1S/C12H9F2N2O4/c1-19-12-8(16(17)18)5-6-10(15-12)20-9-4-2-3-7(13)11(9)14/h2-6H,1H3,(H,17,18)/q+1. The maximum absolute atomic E-state index is 13.4. The molecule has 0 unspecified atom stereocenters.